The van der Waals surface area contributed by atoms with Crippen LogP contribution in [0.1, 0.15) is 57.8 Å². The van der Waals surface area contributed by atoms with Crippen molar-refractivity contribution < 1.29 is 9.84 Å². The summed E-state index contributed by atoms with van der Waals surface area (Å²) in [5, 5.41) is 10.1. The average Bonchev–Trinajstić information content (AvgIpc) is 2.36. The van der Waals surface area contributed by atoms with Crippen molar-refractivity contribution in [3.63, 3.8) is 0 Å². The van der Waals surface area contributed by atoms with Crippen LogP contribution in [-0.2, 0) is 11.2 Å². The minimum absolute atomic E-state index is 0.203. The molecule has 0 fully saturated rings. The molecular formula is C17H28O2. The van der Waals surface area contributed by atoms with Gasteiger partial charge in [0.1, 0.15) is 6.10 Å². The van der Waals surface area contributed by atoms with E-state index in [1.165, 1.54) is 5.56 Å². The molecule has 0 amide bonds. The molecule has 2 nitrogen and oxygen atoms in total. The summed E-state index contributed by atoms with van der Waals surface area (Å²) in [7, 11) is 0. The Kier molecular flexibility index (Phi) is 7.11. The van der Waals surface area contributed by atoms with Crippen LogP contribution in [0.15, 0.2) is 24.3 Å². The van der Waals surface area contributed by atoms with Crippen LogP contribution >= 0.6 is 0 Å². The first kappa shape index (κ1) is 16.2. The van der Waals surface area contributed by atoms with Crippen molar-refractivity contribution in [1.82, 2.24) is 0 Å². The van der Waals surface area contributed by atoms with Crippen LogP contribution in [0.2, 0.25) is 0 Å². The Balaban J connectivity index is 2.42. The predicted molar refractivity (Wildman–Crippen MR) is 80.3 cm³/mol. The zero-order chi connectivity index (χ0) is 14.3. The smallest absolute Gasteiger partial charge is 0.102 e. The van der Waals surface area contributed by atoms with Gasteiger partial charge in [-0.2, -0.15) is 0 Å². The van der Waals surface area contributed by atoms with Gasteiger partial charge in [0.2, 0.25) is 0 Å². The number of ether oxygens (including phenoxy) is 1. The molecule has 0 aliphatic rings. The Morgan fingerprint density at radius 2 is 1.74 bits per heavy atom. The van der Waals surface area contributed by atoms with Gasteiger partial charge in [-0.15, -0.1) is 0 Å². The largest absolute Gasteiger partial charge is 0.386 e. The first-order valence-corrected chi connectivity index (χ1v) is 7.41. The van der Waals surface area contributed by atoms with E-state index in [2.05, 4.69) is 39.8 Å². The Labute approximate surface area is 117 Å². The van der Waals surface area contributed by atoms with Gasteiger partial charge in [-0.1, -0.05) is 51.5 Å². The van der Waals surface area contributed by atoms with Gasteiger partial charge >= 0.3 is 0 Å². The highest BCUT2D eigenvalue weighted by atomic mass is 16.5. The van der Waals surface area contributed by atoms with Crippen molar-refractivity contribution in [2.75, 3.05) is 6.61 Å². The quantitative estimate of drug-likeness (QED) is 0.765. The molecule has 1 rings (SSSR count). The summed E-state index contributed by atoms with van der Waals surface area (Å²) in [5.74, 6) is 0.625. The molecule has 1 N–H and O–H groups in total. The summed E-state index contributed by atoms with van der Waals surface area (Å²) in [4.78, 5) is 0. The summed E-state index contributed by atoms with van der Waals surface area (Å²) in [6.07, 6.45) is 2.96. The molecular weight excluding hydrogens is 236 g/mol. The van der Waals surface area contributed by atoms with Crippen LogP contribution in [0.3, 0.4) is 0 Å². The maximum Gasteiger partial charge on any atom is 0.102 e. The van der Waals surface area contributed by atoms with Crippen molar-refractivity contribution in [3.05, 3.63) is 35.4 Å². The van der Waals surface area contributed by atoms with Gasteiger partial charge in [-0.3, -0.25) is 0 Å². The zero-order valence-corrected chi connectivity index (χ0v) is 12.7. The third kappa shape index (κ3) is 6.22. The molecule has 0 saturated carbocycles. The van der Waals surface area contributed by atoms with Crippen LogP contribution in [0.4, 0.5) is 0 Å². The topological polar surface area (TPSA) is 29.5 Å². The van der Waals surface area contributed by atoms with Crippen LogP contribution in [0.25, 0.3) is 0 Å². The summed E-state index contributed by atoms with van der Waals surface area (Å²) in [6.45, 7) is 8.98. The molecule has 108 valence electrons. The highest BCUT2D eigenvalue weighted by molar-refractivity contribution is 5.24. The molecule has 0 aliphatic heterocycles. The van der Waals surface area contributed by atoms with Crippen molar-refractivity contribution in [2.45, 2.75) is 59.2 Å². The summed E-state index contributed by atoms with van der Waals surface area (Å²) in [5.41, 5.74) is 2.27. The van der Waals surface area contributed by atoms with E-state index in [1.807, 2.05) is 12.1 Å². The number of aryl methyl sites for hydroxylation is 1. The highest BCUT2D eigenvalue weighted by Gasteiger charge is 2.11. The third-order valence-corrected chi connectivity index (χ3v) is 3.25. The first-order valence-electron chi connectivity index (χ1n) is 7.41. The lowest BCUT2D eigenvalue weighted by atomic mass is 10.0. The number of aliphatic hydroxyl groups is 1. The minimum Gasteiger partial charge on any atom is -0.386 e. The van der Waals surface area contributed by atoms with Crippen molar-refractivity contribution in [1.29, 1.82) is 0 Å². The molecule has 2 atom stereocenters. The van der Waals surface area contributed by atoms with Gasteiger partial charge in [-0.25, -0.2) is 0 Å². The number of aliphatic hydroxyl groups excluding tert-OH is 1. The van der Waals surface area contributed by atoms with E-state index in [1.54, 1.807) is 0 Å². The Morgan fingerprint density at radius 1 is 1.11 bits per heavy atom. The number of rotatable bonds is 8. The summed E-state index contributed by atoms with van der Waals surface area (Å²) < 4.78 is 5.70. The molecule has 0 aromatic heterocycles. The normalized spacial score (nSPS) is 14.6. The maximum absolute atomic E-state index is 10.1. The van der Waals surface area contributed by atoms with Gasteiger partial charge < -0.3 is 9.84 Å². The van der Waals surface area contributed by atoms with E-state index < -0.39 is 6.10 Å². The van der Waals surface area contributed by atoms with Gasteiger partial charge in [-0.05, 0) is 36.8 Å². The van der Waals surface area contributed by atoms with Crippen LogP contribution in [0, 0.1) is 5.92 Å². The molecule has 0 heterocycles. The fraction of sp³-hybridized carbons (Fsp3) is 0.647. The van der Waals surface area contributed by atoms with Crippen molar-refractivity contribution in [2.24, 2.45) is 5.92 Å². The fourth-order valence-electron chi connectivity index (χ4n) is 2.28. The van der Waals surface area contributed by atoms with Gasteiger partial charge in [0.05, 0.1) is 12.7 Å². The summed E-state index contributed by atoms with van der Waals surface area (Å²) >= 11 is 0. The second-order valence-corrected chi connectivity index (χ2v) is 5.78. The van der Waals surface area contributed by atoms with Gasteiger partial charge in [0.25, 0.3) is 0 Å². The predicted octanol–water partition coefficient (Wildman–Crippen LogP) is 4.12. The third-order valence-electron chi connectivity index (χ3n) is 3.25. The molecule has 0 bridgehead atoms. The van der Waals surface area contributed by atoms with E-state index in [0.29, 0.717) is 12.5 Å². The molecule has 1 aromatic carbocycles. The lowest BCUT2D eigenvalue weighted by Crippen LogP contribution is -2.16. The van der Waals surface area contributed by atoms with E-state index >= 15 is 0 Å². The Morgan fingerprint density at radius 3 is 2.26 bits per heavy atom. The van der Waals surface area contributed by atoms with Crippen LogP contribution in [-0.4, -0.2) is 17.8 Å². The lowest BCUT2D eigenvalue weighted by Gasteiger charge is -2.18. The first-order chi connectivity index (χ1) is 9.02. The average molecular weight is 264 g/mol. The molecule has 0 radical (unpaired) electrons. The number of hydrogen-bond acceptors (Lipinski definition) is 2. The Hall–Kier alpha value is -0.860. The minimum atomic E-state index is -0.523. The second kappa shape index (κ2) is 8.34. The summed E-state index contributed by atoms with van der Waals surface area (Å²) in [6, 6.07) is 8.21. The highest BCUT2D eigenvalue weighted by Crippen LogP contribution is 2.17. The van der Waals surface area contributed by atoms with E-state index in [4.69, 9.17) is 4.74 Å². The lowest BCUT2D eigenvalue weighted by molar-refractivity contribution is -0.0101. The molecule has 0 aliphatic carbocycles. The van der Waals surface area contributed by atoms with Gasteiger partial charge in [0.15, 0.2) is 0 Å². The van der Waals surface area contributed by atoms with Crippen molar-refractivity contribution >= 4 is 0 Å². The van der Waals surface area contributed by atoms with Crippen LogP contribution < -0.4 is 0 Å². The van der Waals surface area contributed by atoms with Crippen LogP contribution in [0.5, 0.6) is 0 Å². The molecule has 1 aromatic rings. The van der Waals surface area contributed by atoms with E-state index in [0.717, 1.165) is 24.8 Å². The standard InChI is InChI=1S/C17H28O2/c1-5-6-15-7-9-16(10-8-15)17(18)12-19-14(4)11-13(2)3/h7-10,13-14,17-18H,5-6,11-12H2,1-4H3. The molecule has 2 heteroatoms. The molecule has 2 unspecified atom stereocenters. The molecule has 0 spiro atoms. The van der Waals surface area contributed by atoms with Crippen molar-refractivity contribution in [3.8, 4) is 0 Å². The SMILES string of the molecule is CCCc1ccc(C(O)COC(C)CC(C)C)cc1. The maximum atomic E-state index is 10.1. The fourth-order valence-corrected chi connectivity index (χ4v) is 2.28. The zero-order valence-electron chi connectivity index (χ0n) is 12.7. The molecule has 19 heavy (non-hydrogen) atoms. The second-order valence-electron chi connectivity index (χ2n) is 5.78. The monoisotopic (exact) mass is 264 g/mol. The Bertz CT molecular complexity index is 343. The number of hydrogen-bond donors (Lipinski definition) is 1. The van der Waals surface area contributed by atoms with E-state index in [-0.39, 0.29) is 6.10 Å². The van der Waals surface area contributed by atoms with Gasteiger partial charge in [0, 0.05) is 0 Å². The number of benzene rings is 1. The van der Waals surface area contributed by atoms with E-state index in [9.17, 15) is 5.11 Å². The molecule has 0 saturated heterocycles.